The van der Waals surface area contributed by atoms with Crippen molar-refractivity contribution in [1.82, 2.24) is 15.3 Å². The number of carbonyl (C=O) groups excluding carboxylic acids is 1. The number of carbonyl (C=O) groups is 1. The molecule has 0 unspecified atom stereocenters. The number of hydrogen-bond donors (Lipinski definition) is 2. The van der Waals surface area contributed by atoms with Crippen LogP contribution in [0.25, 0.3) is 0 Å². The Kier molecular flexibility index (Phi) is 4.22. The molecule has 2 rings (SSSR count). The summed E-state index contributed by atoms with van der Waals surface area (Å²) in [5, 5.41) is 2.90. The average Bonchev–Trinajstić information content (AvgIpc) is 2.46. The Balaban J connectivity index is 1.94. The molecule has 18 heavy (non-hydrogen) atoms. The molecule has 98 valence electrons. The highest BCUT2D eigenvalue weighted by Crippen LogP contribution is 2.29. The number of nitrogens with zero attached hydrogens (tertiary/aromatic N) is 2. The van der Waals surface area contributed by atoms with Gasteiger partial charge in [-0.2, -0.15) is 0 Å². The minimum absolute atomic E-state index is 0.00749. The molecule has 0 atom stereocenters. The van der Waals surface area contributed by atoms with Gasteiger partial charge in [0.15, 0.2) is 0 Å². The molecule has 2 heterocycles. The summed E-state index contributed by atoms with van der Waals surface area (Å²) in [6.45, 7) is 1.95. The number of rotatable bonds is 4. The standard InChI is InChI=1S/C12H18N4O2/c13-8-12(2-5-18-6-3-12)11(17)15-7-10-1-4-14-9-16-10/h1,4,9H,2-3,5-8,13H2,(H,15,17). The molecule has 6 heteroatoms. The summed E-state index contributed by atoms with van der Waals surface area (Å²) in [6.07, 6.45) is 4.48. The van der Waals surface area contributed by atoms with Crippen molar-refractivity contribution in [2.24, 2.45) is 11.1 Å². The van der Waals surface area contributed by atoms with Crippen molar-refractivity contribution in [2.75, 3.05) is 19.8 Å². The maximum atomic E-state index is 12.2. The molecule has 1 aliphatic rings. The first-order valence-electron chi connectivity index (χ1n) is 6.08. The fraction of sp³-hybridized carbons (Fsp3) is 0.583. The molecule has 0 radical (unpaired) electrons. The lowest BCUT2D eigenvalue weighted by molar-refractivity contribution is -0.136. The number of amides is 1. The highest BCUT2D eigenvalue weighted by Gasteiger charge is 2.38. The lowest BCUT2D eigenvalue weighted by atomic mass is 9.79. The van der Waals surface area contributed by atoms with Gasteiger partial charge in [-0.1, -0.05) is 0 Å². The quantitative estimate of drug-likeness (QED) is 0.775. The van der Waals surface area contributed by atoms with Crippen molar-refractivity contribution in [1.29, 1.82) is 0 Å². The van der Waals surface area contributed by atoms with E-state index in [-0.39, 0.29) is 5.91 Å². The number of hydrogen-bond acceptors (Lipinski definition) is 5. The van der Waals surface area contributed by atoms with E-state index in [1.165, 1.54) is 6.33 Å². The first-order valence-corrected chi connectivity index (χ1v) is 6.08. The summed E-state index contributed by atoms with van der Waals surface area (Å²) in [4.78, 5) is 20.1. The maximum absolute atomic E-state index is 12.2. The van der Waals surface area contributed by atoms with Gasteiger partial charge in [0.1, 0.15) is 6.33 Å². The lowest BCUT2D eigenvalue weighted by Gasteiger charge is -2.34. The van der Waals surface area contributed by atoms with Gasteiger partial charge in [-0.3, -0.25) is 4.79 Å². The third-order valence-corrected chi connectivity index (χ3v) is 3.40. The molecule has 6 nitrogen and oxygen atoms in total. The Labute approximate surface area is 106 Å². The monoisotopic (exact) mass is 250 g/mol. The van der Waals surface area contributed by atoms with Gasteiger partial charge < -0.3 is 15.8 Å². The van der Waals surface area contributed by atoms with E-state index < -0.39 is 5.41 Å². The summed E-state index contributed by atoms with van der Waals surface area (Å²) in [6, 6.07) is 1.78. The van der Waals surface area contributed by atoms with E-state index in [0.717, 1.165) is 5.69 Å². The van der Waals surface area contributed by atoms with Crippen molar-refractivity contribution in [3.05, 3.63) is 24.3 Å². The van der Waals surface area contributed by atoms with Crippen LogP contribution in [0.3, 0.4) is 0 Å². The third kappa shape index (κ3) is 2.83. The van der Waals surface area contributed by atoms with Crippen LogP contribution < -0.4 is 11.1 Å². The van der Waals surface area contributed by atoms with Gasteiger partial charge in [-0.05, 0) is 18.9 Å². The fourth-order valence-electron chi connectivity index (χ4n) is 2.07. The molecule has 1 saturated heterocycles. The second-order valence-electron chi connectivity index (χ2n) is 4.48. The van der Waals surface area contributed by atoms with Crippen LogP contribution in [0, 0.1) is 5.41 Å². The minimum Gasteiger partial charge on any atom is -0.381 e. The second-order valence-corrected chi connectivity index (χ2v) is 4.48. The van der Waals surface area contributed by atoms with Gasteiger partial charge >= 0.3 is 0 Å². The highest BCUT2D eigenvalue weighted by atomic mass is 16.5. The van der Waals surface area contributed by atoms with Gasteiger partial charge in [0.25, 0.3) is 0 Å². The number of aromatic nitrogens is 2. The summed E-state index contributed by atoms with van der Waals surface area (Å²) in [5.41, 5.74) is 6.07. The van der Waals surface area contributed by atoms with Crippen molar-refractivity contribution in [3.8, 4) is 0 Å². The van der Waals surface area contributed by atoms with Crippen LogP contribution in [0.2, 0.25) is 0 Å². The van der Waals surface area contributed by atoms with Gasteiger partial charge in [0.05, 0.1) is 17.7 Å². The summed E-state index contributed by atoms with van der Waals surface area (Å²) < 4.78 is 5.28. The van der Waals surface area contributed by atoms with E-state index in [4.69, 9.17) is 10.5 Å². The van der Waals surface area contributed by atoms with Crippen molar-refractivity contribution in [3.63, 3.8) is 0 Å². The summed E-state index contributed by atoms with van der Waals surface area (Å²) in [7, 11) is 0. The Hall–Kier alpha value is -1.53. The van der Waals surface area contributed by atoms with E-state index in [2.05, 4.69) is 15.3 Å². The molecule has 0 aromatic carbocycles. The Morgan fingerprint density at radius 3 is 2.89 bits per heavy atom. The van der Waals surface area contributed by atoms with E-state index in [0.29, 0.717) is 39.1 Å². The van der Waals surface area contributed by atoms with Gasteiger partial charge in [-0.15, -0.1) is 0 Å². The van der Waals surface area contributed by atoms with Crippen LogP contribution in [-0.2, 0) is 16.1 Å². The Bertz CT molecular complexity index is 390. The zero-order valence-electron chi connectivity index (χ0n) is 10.3. The molecule has 0 spiro atoms. The maximum Gasteiger partial charge on any atom is 0.227 e. The second kappa shape index (κ2) is 5.88. The molecule has 1 aromatic heterocycles. The topological polar surface area (TPSA) is 90.1 Å². The van der Waals surface area contributed by atoms with Crippen LogP contribution >= 0.6 is 0 Å². The molecule has 0 aliphatic carbocycles. The van der Waals surface area contributed by atoms with Gasteiger partial charge in [0.2, 0.25) is 5.91 Å². The molecular formula is C12H18N4O2. The Morgan fingerprint density at radius 2 is 2.28 bits per heavy atom. The van der Waals surface area contributed by atoms with Crippen LogP contribution in [0.15, 0.2) is 18.6 Å². The molecule has 1 fully saturated rings. The first-order chi connectivity index (χ1) is 8.77. The van der Waals surface area contributed by atoms with Crippen LogP contribution in [0.1, 0.15) is 18.5 Å². The highest BCUT2D eigenvalue weighted by molar-refractivity contribution is 5.82. The summed E-state index contributed by atoms with van der Waals surface area (Å²) >= 11 is 0. The first kappa shape index (κ1) is 12.9. The summed E-state index contributed by atoms with van der Waals surface area (Å²) in [5.74, 6) is -0.00749. The van der Waals surface area contributed by atoms with Crippen molar-refractivity contribution in [2.45, 2.75) is 19.4 Å². The van der Waals surface area contributed by atoms with Crippen LogP contribution in [0.5, 0.6) is 0 Å². The largest absolute Gasteiger partial charge is 0.381 e. The SMILES string of the molecule is NCC1(C(=O)NCc2ccncn2)CCOCC1. The Morgan fingerprint density at radius 1 is 1.50 bits per heavy atom. The molecule has 1 amide bonds. The molecule has 3 N–H and O–H groups in total. The lowest BCUT2D eigenvalue weighted by Crippen LogP contribution is -2.49. The molecule has 0 bridgehead atoms. The van der Waals surface area contributed by atoms with Crippen LogP contribution in [-0.4, -0.2) is 35.6 Å². The van der Waals surface area contributed by atoms with E-state index in [1.807, 2.05) is 0 Å². The zero-order valence-corrected chi connectivity index (χ0v) is 10.3. The normalized spacial score (nSPS) is 18.3. The number of nitrogens with one attached hydrogen (secondary N) is 1. The van der Waals surface area contributed by atoms with Crippen molar-refractivity contribution < 1.29 is 9.53 Å². The van der Waals surface area contributed by atoms with E-state index in [9.17, 15) is 4.79 Å². The van der Waals surface area contributed by atoms with Gasteiger partial charge in [0, 0.05) is 26.0 Å². The molecule has 1 aliphatic heterocycles. The smallest absolute Gasteiger partial charge is 0.227 e. The van der Waals surface area contributed by atoms with E-state index in [1.54, 1.807) is 12.3 Å². The molecular weight excluding hydrogens is 232 g/mol. The van der Waals surface area contributed by atoms with Gasteiger partial charge in [-0.25, -0.2) is 9.97 Å². The number of nitrogens with two attached hydrogens (primary N) is 1. The van der Waals surface area contributed by atoms with Crippen molar-refractivity contribution >= 4 is 5.91 Å². The van der Waals surface area contributed by atoms with Crippen LogP contribution in [0.4, 0.5) is 0 Å². The minimum atomic E-state index is -0.481. The predicted octanol–water partition coefficient (Wildman–Crippen LogP) is -0.152. The predicted molar refractivity (Wildman–Crippen MR) is 65.4 cm³/mol. The molecule has 1 aromatic rings. The third-order valence-electron chi connectivity index (χ3n) is 3.40. The molecule has 0 saturated carbocycles. The number of ether oxygens (including phenoxy) is 1. The van der Waals surface area contributed by atoms with E-state index >= 15 is 0 Å². The zero-order chi connectivity index (χ0) is 12.8. The average molecular weight is 250 g/mol. The fourth-order valence-corrected chi connectivity index (χ4v) is 2.07.